The van der Waals surface area contributed by atoms with Crippen LogP contribution in [0.1, 0.15) is 21.9 Å². The van der Waals surface area contributed by atoms with Crippen LogP contribution < -0.4 is 0 Å². The first-order chi connectivity index (χ1) is 21.3. The van der Waals surface area contributed by atoms with Gasteiger partial charge in [0.15, 0.2) is 15.5 Å². The minimum Gasteiger partial charge on any atom is -0.325 e. The number of pyridine rings is 2. The first-order valence-corrected chi connectivity index (χ1v) is 16.7. The second-order valence-corrected chi connectivity index (χ2v) is 13.6. The minimum atomic E-state index is -3.36. The maximum absolute atomic E-state index is 14.1. The number of sulfone groups is 1. The van der Waals surface area contributed by atoms with Crippen LogP contribution in [0.15, 0.2) is 120 Å². The van der Waals surface area contributed by atoms with Crippen molar-refractivity contribution in [2.24, 2.45) is 0 Å². The molecule has 8 nitrogen and oxygen atoms in total. The Kier molecular flexibility index (Phi) is 8.38. The van der Waals surface area contributed by atoms with Gasteiger partial charge in [-0.3, -0.25) is 14.8 Å². The van der Waals surface area contributed by atoms with Crippen molar-refractivity contribution in [1.82, 2.24) is 24.6 Å². The number of rotatable bonds is 9. The number of nitrogens with zero attached hydrogens (tertiary/aromatic N) is 5. The zero-order valence-electron chi connectivity index (χ0n) is 23.5. The molecular formula is C33H26ClN5O3S2. The molecule has 0 fully saturated rings. The molecule has 1 amide bonds. The van der Waals surface area contributed by atoms with E-state index in [4.69, 9.17) is 16.7 Å². The van der Waals surface area contributed by atoms with Gasteiger partial charge in [-0.1, -0.05) is 48.0 Å². The fourth-order valence-corrected chi connectivity index (χ4v) is 6.60. The molecule has 2 aromatic carbocycles. The Morgan fingerprint density at radius 3 is 2.11 bits per heavy atom. The molecule has 11 heteroatoms. The van der Waals surface area contributed by atoms with Crippen molar-refractivity contribution in [3.05, 3.63) is 138 Å². The van der Waals surface area contributed by atoms with Crippen molar-refractivity contribution in [1.29, 1.82) is 0 Å². The highest BCUT2D eigenvalue weighted by Gasteiger charge is 2.24. The van der Waals surface area contributed by atoms with Gasteiger partial charge >= 0.3 is 0 Å². The van der Waals surface area contributed by atoms with Crippen LogP contribution in [0.3, 0.4) is 0 Å². The fourth-order valence-electron chi connectivity index (χ4n) is 4.71. The van der Waals surface area contributed by atoms with E-state index in [1.165, 1.54) is 17.6 Å². The lowest BCUT2D eigenvalue weighted by Crippen LogP contribution is -2.31. The maximum Gasteiger partial charge on any atom is 0.275 e. The number of hydrogen-bond acceptors (Lipinski definition) is 7. The average molecular weight is 640 g/mol. The standard InChI is InChI=1S/C33H26ClN5O3S2/c1-44(41,42)26-12-8-9-23(19-26)31-15-16-32(43-31)30-20-28(37-39(30)29-14-3-2-13-27(29)34)33(40)38(21-24-10-4-6-17-35-24)22-25-11-5-7-18-36-25/h2-20H,21-22H2,1H3. The van der Waals surface area contributed by atoms with E-state index in [2.05, 4.69) is 9.97 Å². The summed E-state index contributed by atoms with van der Waals surface area (Å²) in [5, 5.41) is 5.26. The molecule has 0 bridgehead atoms. The lowest BCUT2D eigenvalue weighted by Gasteiger charge is -2.21. The Bertz CT molecular complexity index is 2000. The van der Waals surface area contributed by atoms with E-state index in [-0.39, 0.29) is 29.6 Å². The van der Waals surface area contributed by atoms with Crippen molar-refractivity contribution in [2.75, 3.05) is 6.26 Å². The van der Waals surface area contributed by atoms with E-state index in [9.17, 15) is 13.2 Å². The van der Waals surface area contributed by atoms with Gasteiger partial charge in [-0.15, -0.1) is 11.3 Å². The predicted octanol–water partition coefficient (Wildman–Crippen LogP) is 6.96. The quantitative estimate of drug-likeness (QED) is 0.170. The van der Waals surface area contributed by atoms with Crippen molar-refractivity contribution < 1.29 is 13.2 Å². The maximum atomic E-state index is 14.1. The smallest absolute Gasteiger partial charge is 0.275 e. The molecule has 0 aliphatic carbocycles. The molecule has 4 aromatic heterocycles. The summed E-state index contributed by atoms with van der Waals surface area (Å²) in [6.45, 7) is 0.536. The third kappa shape index (κ3) is 6.47. The molecule has 44 heavy (non-hydrogen) atoms. The largest absolute Gasteiger partial charge is 0.325 e. The highest BCUT2D eigenvalue weighted by Crippen LogP contribution is 2.37. The molecule has 0 atom stereocenters. The second-order valence-electron chi connectivity index (χ2n) is 10.0. The first-order valence-electron chi connectivity index (χ1n) is 13.6. The summed E-state index contributed by atoms with van der Waals surface area (Å²) in [4.78, 5) is 26.6. The molecule has 0 saturated carbocycles. The first kappa shape index (κ1) is 29.4. The van der Waals surface area contributed by atoms with Gasteiger partial charge in [0.1, 0.15) is 0 Å². The average Bonchev–Trinajstić information content (AvgIpc) is 3.70. The summed E-state index contributed by atoms with van der Waals surface area (Å²) in [6.07, 6.45) is 4.59. The van der Waals surface area contributed by atoms with Gasteiger partial charge in [0.25, 0.3) is 5.91 Å². The summed E-state index contributed by atoms with van der Waals surface area (Å²) in [5.41, 5.74) is 3.79. The fraction of sp³-hybridized carbons (Fsp3) is 0.0909. The van der Waals surface area contributed by atoms with Crippen molar-refractivity contribution in [3.8, 4) is 26.7 Å². The van der Waals surface area contributed by atoms with Crippen LogP contribution in [0.4, 0.5) is 0 Å². The zero-order chi connectivity index (χ0) is 30.7. The van der Waals surface area contributed by atoms with Crippen molar-refractivity contribution in [3.63, 3.8) is 0 Å². The van der Waals surface area contributed by atoms with Crippen LogP contribution in [-0.4, -0.2) is 45.2 Å². The van der Waals surface area contributed by atoms with Crippen molar-refractivity contribution in [2.45, 2.75) is 18.0 Å². The van der Waals surface area contributed by atoms with E-state index in [1.54, 1.807) is 52.3 Å². The summed E-state index contributed by atoms with van der Waals surface area (Å²) < 4.78 is 26.0. The van der Waals surface area contributed by atoms with Gasteiger partial charge < -0.3 is 4.90 Å². The Balaban J connectivity index is 1.42. The lowest BCUT2D eigenvalue weighted by atomic mass is 10.2. The topological polar surface area (TPSA) is 98.1 Å². The Morgan fingerprint density at radius 2 is 1.48 bits per heavy atom. The molecule has 0 unspecified atom stereocenters. The molecule has 0 aliphatic heterocycles. The summed E-state index contributed by atoms with van der Waals surface area (Å²) in [6, 6.07) is 31.0. The van der Waals surface area contributed by atoms with Gasteiger partial charge in [0.2, 0.25) is 0 Å². The van der Waals surface area contributed by atoms with Gasteiger partial charge in [-0.2, -0.15) is 5.10 Å². The predicted molar refractivity (Wildman–Crippen MR) is 172 cm³/mol. The highest BCUT2D eigenvalue weighted by atomic mass is 35.5. The molecule has 0 saturated heterocycles. The Hall–Kier alpha value is -4.64. The number of carbonyl (C=O) groups excluding carboxylic acids is 1. The molecular weight excluding hydrogens is 614 g/mol. The zero-order valence-corrected chi connectivity index (χ0v) is 25.9. The number of thiophene rings is 1. The Labute approximate surface area is 264 Å². The van der Waals surface area contributed by atoms with Crippen LogP contribution in [0, 0.1) is 0 Å². The molecule has 6 rings (SSSR count). The highest BCUT2D eigenvalue weighted by molar-refractivity contribution is 7.90. The van der Waals surface area contributed by atoms with Crippen LogP contribution in [0.25, 0.3) is 26.7 Å². The normalized spacial score (nSPS) is 11.4. The number of para-hydroxylation sites is 1. The number of carbonyl (C=O) groups is 1. The van der Waals surface area contributed by atoms with E-state index < -0.39 is 9.84 Å². The number of aromatic nitrogens is 4. The van der Waals surface area contributed by atoms with Gasteiger partial charge in [-0.25, -0.2) is 13.1 Å². The third-order valence-electron chi connectivity index (χ3n) is 6.86. The van der Waals surface area contributed by atoms with E-state index >= 15 is 0 Å². The molecule has 0 radical (unpaired) electrons. The van der Waals surface area contributed by atoms with Gasteiger partial charge in [-0.05, 0) is 72.3 Å². The molecule has 6 aromatic rings. The van der Waals surface area contributed by atoms with Crippen molar-refractivity contribution >= 4 is 38.7 Å². The molecule has 220 valence electrons. The van der Waals surface area contributed by atoms with Gasteiger partial charge in [0.05, 0.1) is 50.7 Å². The van der Waals surface area contributed by atoms with Crippen LogP contribution in [0.5, 0.6) is 0 Å². The van der Waals surface area contributed by atoms with Gasteiger partial charge in [0, 0.05) is 23.5 Å². The Morgan fingerprint density at radius 1 is 0.818 bits per heavy atom. The number of amides is 1. The molecule has 4 heterocycles. The van der Waals surface area contributed by atoms with E-state index in [0.717, 1.165) is 26.7 Å². The summed E-state index contributed by atoms with van der Waals surface area (Å²) in [5.74, 6) is -0.286. The summed E-state index contributed by atoms with van der Waals surface area (Å²) in [7, 11) is -3.36. The number of hydrogen-bond donors (Lipinski definition) is 0. The monoisotopic (exact) mass is 639 g/mol. The third-order valence-corrected chi connectivity index (χ3v) is 9.45. The van der Waals surface area contributed by atoms with Crippen LogP contribution in [0.2, 0.25) is 5.02 Å². The molecule has 0 N–H and O–H groups in total. The van der Waals surface area contributed by atoms with E-state index in [1.807, 2.05) is 72.8 Å². The SMILES string of the molecule is CS(=O)(=O)c1cccc(-c2ccc(-c3cc(C(=O)N(Cc4ccccn4)Cc4ccccn4)nn3-c3ccccc3Cl)s2)c1. The van der Waals surface area contributed by atoms with E-state index in [0.29, 0.717) is 16.4 Å². The number of benzene rings is 2. The lowest BCUT2D eigenvalue weighted by molar-refractivity contribution is 0.0719. The molecule has 0 aliphatic rings. The van der Waals surface area contributed by atoms with Crippen LogP contribution >= 0.6 is 22.9 Å². The molecule has 0 spiro atoms. The second kappa shape index (κ2) is 12.5. The minimum absolute atomic E-state index is 0.237. The number of halogens is 1. The summed E-state index contributed by atoms with van der Waals surface area (Å²) >= 11 is 8.09. The van der Waals surface area contributed by atoms with Crippen LogP contribution in [-0.2, 0) is 22.9 Å².